The summed E-state index contributed by atoms with van der Waals surface area (Å²) in [5.74, 6) is -0.965. The van der Waals surface area contributed by atoms with E-state index in [0.717, 1.165) is 10.9 Å². The molecule has 3 N–H and O–H groups in total. The molecule has 10 heteroatoms. The van der Waals surface area contributed by atoms with Crippen LogP contribution in [0.3, 0.4) is 0 Å². The molecule has 0 unspecified atom stereocenters. The van der Waals surface area contributed by atoms with Crippen molar-refractivity contribution < 1.29 is 23.9 Å². The van der Waals surface area contributed by atoms with Crippen LogP contribution in [0.1, 0.15) is 15.9 Å². The molecule has 1 atom stereocenters. The van der Waals surface area contributed by atoms with Gasteiger partial charge in [0.25, 0.3) is 0 Å². The number of anilines is 2. The fraction of sp³-hybridized carbons (Fsp3) is 0.227. The van der Waals surface area contributed by atoms with Crippen LogP contribution in [-0.2, 0) is 20.7 Å². The number of pyridine rings is 2. The fourth-order valence-corrected chi connectivity index (χ4v) is 3.23. The highest BCUT2D eigenvalue weighted by Gasteiger charge is 2.20. The molecule has 166 valence electrons. The normalized spacial score (nSPS) is 11.5. The fourth-order valence-electron chi connectivity index (χ4n) is 3.23. The maximum atomic E-state index is 12.6. The van der Waals surface area contributed by atoms with Gasteiger partial charge in [-0.2, -0.15) is 0 Å². The predicted molar refractivity (Wildman–Crippen MR) is 119 cm³/mol. The minimum absolute atomic E-state index is 0.178. The molecule has 0 saturated carbocycles. The highest BCUT2D eigenvalue weighted by molar-refractivity contribution is 6.08. The van der Waals surface area contributed by atoms with Gasteiger partial charge in [-0.15, -0.1) is 0 Å². The SMILES string of the molecule is CN[C@@H](Cc1ccc(NC(=O)Nc2cnccc2C(=O)OC)c2ncccc12)C(=O)OC. The van der Waals surface area contributed by atoms with Crippen molar-refractivity contribution in [1.29, 1.82) is 0 Å². The summed E-state index contributed by atoms with van der Waals surface area (Å²) in [4.78, 5) is 44.8. The number of ether oxygens (including phenoxy) is 2. The molecule has 0 saturated heterocycles. The van der Waals surface area contributed by atoms with Crippen LogP contribution >= 0.6 is 0 Å². The number of aromatic nitrogens is 2. The molecule has 32 heavy (non-hydrogen) atoms. The van der Waals surface area contributed by atoms with Gasteiger partial charge in [0, 0.05) is 17.8 Å². The maximum absolute atomic E-state index is 12.6. The van der Waals surface area contributed by atoms with Gasteiger partial charge in [0.1, 0.15) is 6.04 Å². The van der Waals surface area contributed by atoms with E-state index in [1.165, 1.54) is 32.7 Å². The van der Waals surface area contributed by atoms with E-state index in [1.54, 1.807) is 25.4 Å². The van der Waals surface area contributed by atoms with E-state index in [2.05, 4.69) is 25.9 Å². The number of fused-ring (bicyclic) bond motifs is 1. The maximum Gasteiger partial charge on any atom is 0.340 e. The standard InChI is InChI=1S/C22H23N5O5/c1-23-17(21(29)32-3)11-13-6-7-16(19-14(13)5-4-9-25-19)26-22(30)27-18-12-24-10-8-15(18)20(28)31-2/h4-10,12,17,23H,11H2,1-3H3,(H2,26,27,30)/t17-/m0/s1. The lowest BCUT2D eigenvalue weighted by molar-refractivity contribution is -0.142. The van der Waals surface area contributed by atoms with Crippen LogP contribution in [0.25, 0.3) is 10.9 Å². The molecule has 0 aliphatic heterocycles. The van der Waals surface area contributed by atoms with Crippen LogP contribution in [0, 0.1) is 0 Å². The molecule has 0 spiro atoms. The van der Waals surface area contributed by atoms with Crippen molar-refractivity contribution in [3.8, 4) is 0 Å². The summed E-state index contributed by atoms with van der Waals surface area (Å²) in [7, 11) is 4.28. The smallest absolute Gasteiger partial charge is 0.340 e. The number of hydrogen-bond donors (Lipinski definition) is 3. The third kappa shape index (κ3) is 4.98. The number of carbonyl (C=O) groups excluding carboxylic acids is 3. The Labute approximate surface area is 184 Å². The van der Waals surface area contributed by atoms with E-state index in [0.29, 0.717) is 17.6 Å². The van der Waals surface area contributed by atoms with Crippen LogP contribution in [0.15, 0.2) is 48.9 Å². The number of benzene rings is 1. The van der Waals surface area contributed by atoms with Gasteiger partial charge < -0.3 is 25.4 Å². The van der Waals surface area contributed by atoms with Gasteiger partial charge in [-0.05, 0) is 37.2 Å². The van der Waals surface area contributed by atoms with Crippen LogP contribution in [0.4, 0.5) is 16.2 Å². The summed E-state index contributed by atoms with van der Waals surface area (Å²) < 4.78 is 9.56. The molecule has 10 nitrogen and oxygen atoms in total. The zero-order chi connectivity index (χ0) is 23.1. The van der Waals surface area contributed by atoms with E-state index >= 15 is 0 Å². The Balaban J connectivity index is 1.86. The van der Waals surface area contributed by atoms with Crippen molar-refractivity contribution in [2.45, 2.75) is 12.5 Å². The van der Waals surface area contributed by atoms with E-state index in [4.69, 9.17) is 9.47 Å². The van der Waals surface area contributed by atoms with Crippen molar-refractivity contribution >= 4 is 40.2 Å². The summed E-state index contributed by atoms with van der Waals surface area (Å²) in [5, 5.41) is 9.08. The van der Waals surface area contributed by atoms with E-state index < -0.39 is 18.0 Å². The summed E-state index contributed by atoms with van der Waals surface area (Å²) in [6.07, 6.45) is 4.78. The first kappa shape index (κ1) is 22.6. The molecule has 0 radical (unpaired) electrons. The Morgan fingerprint density at radius 3 is 2.50 bits per heavy atom. The second-order valence-corrected chi connectivity index (χ2v) is 6.73. The van der Waals surface area contributed by atoms with Gasteiger partial charge >= 0.3 is 18.0 Å². The number of methoxy groups -OCH3 is 2. The number of rotatable bonds is 7. The summed E-state index contributed by atoms with van der Waals surface area (Å²) in [6, 6.07) is 7.52. The molecule has 3 rings (SSSR count). The van der Waals surface area contributed by atoms with E-state index in [1.807, 2.05) is 12.1 Å². The Kier molecular flexibility index (Phi) is 7.29. The first-order chi connectivity index (χ1) is 15.5. The van der Waals surface area contributed by atoms with Crippen molar-refractivity contribution in [3.05, 3.63) is 60.0 Å². The molecule has 0 aliphatic carbocycles. The molecule has 1 aromatic carbocycles. The average Bonchev–Trinajstić information content (AvgIpc) is 2.83. The number of nitrogens with zero attached hydrogens (tertiary/aromatic N) is 2. The van der Waals surface area contributed by atoms with Crippen molar-refractivity contribution in [3.63, 3.8) is 0 Å². The Morgan fingerprint density at radius 2 is 1.78 bits per heavy atom. The Hall–Kier alpha value is -4.05. The second kappa shape index (κ2) is 10.3. The quantitative estimate of drug-likeness (QED) is 0.480. The van der Waals surface area contributed by atoms with Gasteiger partial charge in [0.15, 0.2) is 0 Å². The molecule has 0 bridgehead atoms. The zero-order valence-corrected chi connectivity index (χ0v) is 17.8. The molecule has 0 aliphatic rings. The molecule has 2 amide bonds. The first-order valence-corrected chi connectivity index (χ1v) is 9.70. The lowest BCUT2D eigenvalue weighted by Crippen LogP contribution is -2.36. The predicted octanol–water partition coefficient (Wildman–Crippen LogP) is 2.36. The molecular formula is C22H23N5O5. The van der Waals surface area contributed by atoms with Crippen LogP contribution < -0.4 is 16.0 Å². The number of likely N-dealkylation sites (N-methyl/N-ethyl adjacent to an activating group) is 1. The molecule has 2 aromatic heterocycles. The van der Waals surface area contributed by atoms with Crippen LogP contribution in [-0.4, -0.2) is 55.2 Å². The van der Waals surface area contributed by atoms with Gasteiger partial charge in [-0.1, -0.05) is 12.1 Å². The highest BCUT2D eigenvalue weighted by atomic mass is 16.5. The Morgan fingerprint density at radius 1 is 1.00 bits per heavy atom. The summed E-state index contributed by atoms with van der Waals surface area (Å²) in [5.41, 5.74) is 2.27. The molecular weight excluding hydrogens is 414 g/mol. The number of hydrogen-bond acceptors (Lipinski definition) is 8. The summed E-state index contributed by atoms with van der Waals surface area (Å²) >= 11 is 0. The van der Waals surface area contributed by atoms with Crippen molar-refractivity contribution in [1.82, 2.24) is 15.3 Å². The minimum Gasteiger partial charge on any atom is -0.468 e. The minimum atomic E-state index is -0.594. The number of esters is 2. The monoisotopic (exact) mass is 437 g/mol. The number of nitrogens with one attached hydrogen (secondary N) is 3. The third-order valence-electron chi connectivity index (χ3n) is 4.84. The van der Waals surface area contributed by atoms with Gasteiger partial charge in [0.05, 0.1) is 42.9 Å². The van der Waals surface area contributed by atoms with Gasteiger partial charge in [0.2, 0.25) is 0 Å². The topological polar surface area (TPSA) is 132 Å². The van der Waals surface area contributed by atoms with E-state index in [-0.39, 0.29) is 17.2 Å². The number of urea groups is 1. The second-order valence-electron chi connectivity index (χ2n) is 6.73. The van der Waals surface area contributed by atoms with Crippen LogP contribution in [0.5, 0.6) is 0 Å². The lowest BCUT2D eigenvalue weighted by Gasteiger charge is -2.16. The van der Waals surface area contributed by atoms with Crippen molar-refractivity contribution in [2.75, 3.05) is 31.9 Å². The third-order valence-corrected chi connectivity index (χ3v) is 4.84. The molecule has 3 aromatic rings. The largest absolute Gasteiger partial charge is 0.468 e. The number of amides is 2. The lowest BCUT2D eigenvalue weighted by atomic mass is 10.00. The van der Waals surface area contributed by atoms with Gasteiger partial charge in [-0.3, -0.25) is 14.8 Å². The highest BCUT2D eigenvalue weighted by Crippen LogP contribution is 2.26. The first-order valence-electron chi connectivity index (χ1n) is 9.70. The van der Waals surface area contributed by atoms with Crippen LogP contribution in [0.2, 0.25) is 0 Å². The zero-order valence-electron chi connectivity index (χ0n) is 17.8. The molecule has 2 heterocycles. The van der Waals surface area contributed by atoms with Crippen molar-refractivity contribution in [2.24, 2.45) is 0 Å². The van der Waals surface area contributed by atoms with E-state index in [9.17, 15) is 14.4 Å². The van der Waals surface area contributed by atoms with Gasteiger partial charge in [-0.25, -0.2) is 9.59 Å². The Bertz CT molecular complexity index is 1150. The summed E-state index contributed by atoms with van der Waals surface area (Å²) in [6.45, 7) is 0. The average molecular weight is 437 g/mol. The number of carbonyl (C=O) groups is 3. The molecule has 0 fully saturated rings.